The van der Waals surface area contributed by atoms with Crippen molar-refractivity contribution >= 4 is 40.8 Å². The molecular formula is C16H23ClN6O2S. The number of nitrogens with zero attached hydrogens (tertiary/aromatic N) is 4. The van der Waals surface area contributed by atoms with Gasteiger partial charge in [0.2, 0.25) is 5.91 Å². The third kappa shape index (κ3) is 4.66. The van der Waals surface area contributed by atoms with Crippen LogP contribution in [0.2, 0.25) is 4.34 Å². The van der Waals surface area contributed by atoms with Crippen molar-refractivity contribution in [1.82, 2.24) is 25.3 Å². The average Bonchev–Trinajstić information content (AvgIpc) is 3.19. The van der Waals surface area contributed by atoms with Crippen LogP contribution in [0.5, 0.6) is 0 Å². The second-order valence-corrected chi connectivity index (χ2v) is 7.95. The molecule has 0 spiro atoms. The van der Waals surface area contributed by atoms with E-state index in [1.807, 2.05) is 6.07 Å². The molecule has 0 aromatic carbocycles. The number of hydrogen-bond acceptors (Lipinski definition) is 5. The summed E-state index contributed by atoms with van der Waals surface area (Å²) in [6, 6.07) is 3.69. The number of aliphatic imine (C=N–C) groups is 1. The molecule has 0 unspecified atom stereocenters. The summed E-state index contributed by atoms with van der Waals surface area (Å²) in [6.45, 7) is 5.48. The van der Waals surface area contributed by atoms with Crippen molar-refractivity contribution in [3.63, 3.8) is 0 Å². The highest BCUT2D eigenvalue weighted by atomic mass is 35.5. The van der Waals surface area contributed by atoms with Gasteiger partial charge in [0.15, 0.2) is 5.96 Å². The first-order valence-corrected chi connectivity index (χ1v) is 9.76. The Morgan fingerprint density at radius 1 is 1.31 bits per heavy atom. The van der Waals surface area contributed by atoms with Gasteiger partial charge in [-0.1, -0.05) is 11.6 Å². The molecule has 3 heterocycles. The van der Waals surface area contributed by atoms with Gasteiger partial charge >= 0.3 is 6.03 Å². The summed E-state index contributed by atoms with van der Waals surface area (Å²) in [7, 11) is 1.75. The summed E-state index contributed by atoms with van der Waals surface area (Å²) in [6.07, 6.45) is 0. The minimum atomic E-state index is -0.325. The minimum absolute atomic E-state index is 0.0883. The quantitative estimate of drug-likeness (QED) is 0.432. The molecule has 2 aliphatic heterocycles. The summed E-state index contributed by atoms with van der Waals surface area (Å²) >= 11 is 7.62. The van der Waals surface area contributed by atoms with Gasteiger partial charge in [-0.15, -0.1) is 11.3 Å². The maximum atomic E-state index is 11.6. The highest BCUT2D eigenvalue weighted by Gasteiger charge is 2.28. The monoisotopic (exact) mass is 398 g/mol. The van der Waals surface area contributed by atoms with Gasteiger partial charge < -0.3 is 15.5 Å². The second-order valence-electron chi connectivity index (χ2n) is 6.15. The van der Waals surface area contributed by atoms with E-state index < -0.39 is 0 Å². The van der Waals surface area contributed by atoms with Crippen molar-refractivity contribution in [1.29, 1.82) is 0 Å². The predicted molar refractivity (Wildman–Crippen MR) is 103 cm³/mol. The largest absolute Gasteiger partial charge is 0.354 e. The highest BCUT2D eigenvalue weighted by molar-refractivity contribution is 7.16. The lowest BCUT2D eigenvalue weighted by molar-refractivity contribution is -0.124. The number of urea groups is 1. The van der Waals surface area contributed by atoms with Gasteiger partial charge in [-0.25, -0.2) is 4.79 Å². The molecule has 26 heavy (non-hydrogen) atoms. The standard InChI is InChI=1S/C16H23ClN6O2S/c1-18-15(19-4-5-23-14(24)10-20-16(23)25)22-8-6-21(7-9-22)11-12-2-3-13(17)26-12/h2-3H,4-11H2,1H3,(H,18,19)(H,20,25). The Morgan fingerprint density at radius 2 is 2.08 bits per heavy atom. The number of piperazine rings is 1. The molecule has 3 rings (SSSR count). The van der Waals surface area contributed by atoms with Gasteiger partial charge in [-0.2, -0.15) is 0 Å². The maximum absolute atomic E-state index is 11.6. The van der Waals surface area contributed by atoms with Gasteiger partial charge in [0.05, 0.1) is 10.9 Å². The van der Waals surface area contributed by atoms with E-state index in [0.717, 1.165) is 43.0 Å². The van der Waals surface area contributed by atoms with Crippen LogP contribution in [0.4, 0.5) is 4.79 Å². The summed E-state index contributed by atoms with van der Waals surface area (Å²) in [5.41, 5.74) is 0. The lowest BCUT2D eigenvalue weighted by Gasteiger charge is -2.36. The normalized spacial score (nSPS) is 19.2. The molecule has 2 fully saturated rings. The number of nitrogens with one attached hydrogen (secondary N) is 2. The van der Waals surface area contributed by atoms with E-state index in [4.69, 9.17) is 11.6 Å². The summed E-state index contributed by atoms with van der Waals surface area (Å²) < 4.78 is 0.827. The lowest BCUT2D eigenvalue weighted by atomic mass is 10.3. The molecule has 0 atom stereocenters. The number of thiophene rings is 1. The van der Waals surface area contributed by atoms with E-state index in [9.17, 15) is 9.59 Å². The number of halogens is 1. The second kappa shape index (κ2) is 8.70. The average molecular weight is 399 g/mol. The molecule has 2 N–H and O–H groups in total. The molecular weight excluding hydrogens is 376 g/mol. The van der Waals surface area contributed by atoms with Crippen molar-refractivity contribution in [3.8, 4) is 0 Å². The van der Waals surface area contributed by atoms with Crippen LogP contribution in [0.3, 0.4) is 0 Å². The highest BCUT2D eigenvalue weighted by Crippen LogP contribution is 2.23. The van der Waals surface area contributed by atoms with Gasteiger partial charge in [0, 0.05) is 57.7 Å². The SMILES string of the molecule is CN=C(NCCN1C(=O)CNC1=O)N1CCN(Cc2ccc(Cl)s2)CC1. The van der Waals surface area contributed by atoms with Crippen LogP contribution in [-0.4, -0.2) is 85.5 Å². The Kier molecular flexibility index (Phi) is 6.33. The Labute approximate surface area is 161 Å². The first kappa shape index (κ1) is 18.9. The molecule has 0 saturated carbocycles. The third-order valence-electron chi connectivity index (χ3n) is 4.45. The topological polar surface area (TPSA) is 80.3 Å². The van der Waals surface area contributed by atoms with Crippen molar-refractivity contribution in [2.45, 2.75) is 6.54 Å². The van der Waals surface area contributed by atoms with Crippen LogP contribution in [0, 0.1) is 0 Å². The number of rotatable bonds is 5. The molecule has 2 aliphatic rings. The van der Waals surface area contributed by atoms with Crippen LogP contribution in [0.1, 0.15) is 4.88 Å². The van der Waals surface area contributed by atoms with Crippen molar-refractivity contribution in [2.75, 3.05) is 52.9 Å². The number of carbonyl (C=O) groups is 2. The summed E-state index contributed by atoms with van der Waals surface area (Å²) in [5, 5.41) is 5.76. The molecule has 1 aromatic rings. The van der Waals surface area contributed by atoms with Crippen molar-refractivity contribution in [2.24, 2.45) is 4.99 Å². The Morgan fingerprint density at radius 3 is 2.65 bits per heavy atom. The van der Waals surface area contributed by atoms with Gasteiger partial charge in [0.25, 0.3) is 0 Å². The molecule has 3 amide bonds. The fourth-order valence-electron chi connectivity index (χ4n) is 3.07. The molecule has 0 bridgehead atoms. The number of hydrogen-bond donors (Lipinski definition) is 2. The van der Waals surface area contributed by atoms with Crippen LogP contribution < -0.4 is 10.6 Å². The Hall–Kier alpha value is -1.84. The molecule has 142 valence electrons. The number of carbonyl (C=O) groups excluding carboxylic acids is 2. The third-order valence-corrected chi connectivity index (χ3v) is 5.66. The number of imide groups is 1. The van der Waals surface area contributed by atoms with Gasteiger partial charge in [-0.3, -0.25) is 19.6 Å². The Bertz CT molecular complexity index is 670. The smallest absolute Gasteiger partial charge is 0.324 e. The van der Waals surface area contributed by atoms with E-state index in [2.05, 4.69) is 31.5 Å². The van der Waals surface area contributed by atoms with E-state index in [1.54, 1.807) is 18.4 Å². The molecule has 0 radical (unpaired) electrons. The summed E-state index contributed by atoms with van der Waals surface area (Å²) in [5.74, 6) is 0.616. The fraction of sp³-hybridized carbons (Fsp3) is 0.562. The zero-order chi connectivity index (χ0) is 18.5. The molecule has 1 aromatic heterocycles. The van der Waals surface area contributed by atoms with Gasteiger partial charge in [0.1, 0.15) is 0 Å². The Balaban J connectivity index is 1.42. The number of guanidine groups is 1. The zero-order valence-electron chi connectivity index (χ0n) is 14.7. The molecule has 2 saturated heterocycles. The van der Waals surface area contributed by atoms with Crippen molar-refractivity contribution in [3.05, 3.63) is 21.3 Å². The predicted octanol–water partition coefficient (Wildman–Crippen LogP) is 0.646. The maximum Gasteiger partial charge on any atom is 0.324 e. The zero-order valence-corrected chi connectivity index (χ0v) is 16.3. The number of amides is 3. The molecule has 0 aliphatic carbocycles. The van der Waals surface area contributed by atoms with Gasteiger partial charge in [-0.05, 0) is 12.1 Å². The summed E-state index contributed by atoms with van der Waals surface area (Å²) in [4.78, 5) is 34.5. The van der Waals surface area contributed by atoms with E-state index >= 15 is 0 Å². The molecule has 10 heteroatoms. The minimum Gasteiger partial charge on any atom is -0.354 e. The fourth-order valence-corrected chi connectivity index (χ4v) is 4.20. The first-order valence-electron chi connectivity index (χ1n) is 8.57. The van der Waals surface area contributed by atoms with E-state index in [1.165, 1.54) is 9.78 Å². The van der Waals surface area contributed by atoms with Crippen LogP contribution >= 0.6 is 22.9 Å². The van der Waals surface area contributed by atoms with Crippen molar-refractivity contribution < 1.29 is 9.59 Å². The van der Waals surface area contributed by atoms with Crippen LogP contribution in [-0.2, 0) is 11.3 Å². The van der Waals surface area contributed by atoms with Crippen LogP contribution in [0.15, 0.2) is 17.1 Å². The lowest BCUT2D eigenvalue weighted by Crippen LogP contribution is -2.53. The van der Waals surface area contributed by atoms with Crippen LogP contribution in [0.25, 0.3) is 0 Å². The first-order chi connectivity index (χ1) is 12.6. The van der Waals surface area contributed by atoms with E-state index in [0.29, 0.717) is 13.1 Å². The molecule has 8 nitrogen and oxygen atoms in total. The van der Waals surface area contributed by atoms with E-state index in [-0.39, 0.29) is 18.5 Å².